The summed E-state index contributed by atoms with van der Waals surface area (Å²) in [5.74, 6) is 0. The molecule has 0 amide bonds. The van der Waals surface area contributed by atoms with Crippen LogP contribution in [0.4, 0.5) is 0 Å². The van der Waals surface area contributed by atoms with Gasteiger partial charge in [-0.15, -0.1) is 0 Å². The first-order valence-corrected chi connectivity index (χ1v) is 6.54. The Labute approximate surface area is 96.3 Å². The molecule has 84 valence electrons. The zero-order valence-corrected chi connectivity index (χ0v) is 10.6. The van der Waals surface area contributed by atoms with Crippen molar-refractivity contribution in [3.05, 3.63) is 22.4 Å². The maximum atomic E-state index is 3.55. The highest BCUT2D eigenvalue weighted by molar-refractivity contribution is 7.07. The Morgan fingerprint density at radius 3 is 2.93 bits per heavy atom. The Hall–Kier alpha value is -0.380. The van der Waals surface area contributed by atoms with Crippen LogP contribution in [-0.2, 0) is 0 Å². The number of thiophene rings is 1. The van der Waals surface area contributed by atoms with Gasteiger partial charge in [0.2, 0.25) is 0 Å². The lowest BCUT2D eigenvalue weighted by Gasteiger charge is -2.42. The van der Waals surface area contributed by atoms with E-state index in [2.05, 4.69) is 47.8 Å². The van der Waals surface area contributed by atoms with Crippen molar-refractivity contribution in [2.24, 2.45) is 0 Å². The first-order chi connectivity index (χ1) is 7.08. The molecule has 0 bridgehead atoms. The van der Waals surface area contributed by atoms with Gasteiger partial charge in [-0.25, -0.2) is 0 Å². The van der Waals surface area contributed by atoms with Crippen molar-refractivity contribution in [1.29, 1.82) is 0 Å². The summed E-state index contributed by atoms with van der Waals surface area (Å²) in [7, 11) is 0. The predicted octanol–water partition coefficient (Wildman–Crippen LogP) is 2.49. The van der Waals surface area contributed by atoms with Crippen molar-refractivity contribution >= 4 is 11.3 Å². The second-order valence-corrected chi connectivity index (χ2v) is 5.79. The molecule has 1 saturated heterocycles. The third kappa shape index (κ3) is 2.60. The van der Waals surface area contributed by atoms with Gasteiger partial charge >= 0.3 is 0 Å². The van der Waals surface area contributed by atoms with Crippen LogP contribution in [0.25, 0.3) is 0 Å². The molecule has 1 atom stereocenters. The summed E-state index contributed by atoms with van der Waals surface area (Å²) in [6, 6.07) is 2.79. The molecule has 2 nitrogen and oxygen atoms in total. The first-order valence-electron chi connectivity index (χ1n) is 5.60. The van der Waals surface area contributed by atoms with Gasteiger partial charge in [0.05, 0.1) is 0 Å². The molecular weight excluding hydrogens is 204 g/mol. The van der Waals surface area contributed by atoms with Crippen LogP contribution >= 0.6 is 11.3 Å². The third-order valence-electron chi connectivity index (χ3n) is 3.17. The number of hydrogen-bond acceptors (Lipinski definition) is 3. The van der Waals surface area contributed by atoms with Crippen LogP contribution in [0.2, 0.25) is 0 Å². The highest BCUT2D eigenvalue weighted by Crippen LogP contribution is 2.25. The van der Waals surface area contributed by atoms with E-state index in [4.69, 9.17) is 0 Å². The third-order valence-corrected chi connectivity index (χ3v) is 3.88. The van der Waals surface area contributed by atoms with Crippen molar-refractivity contribution in [2.75, 3.05) is 19.6 Å². The minimum absolute atomic E-state index is 0.253. The highest BCUT2D eigenvalue weighted by atomic mass is 32.1. The van der Waals surface area contributed by atoms with Gasteiger partial charge in [-0.3, -0.25) is 4.90 Å². The van der Waals surface area contributed by atoms with Gasteiger partial charge in [0.25, 0.3) is 0 Å². The summed E-state index contributed by atoms with van der Waals surface area (Å²) in [6.07, 6.45) is 0. The van der Waals surface area contributed by atoms with Crippen LogP contribution in [0.3, 0.4) is 0 Å². The average molecular weight is 224 g/mol. The van der Waals surface area contributed by atoms with Gasteiger partial charge in [-0.1, -0.05) is 0 Å². The van der Waals surface area contributed by atoms with E-state index in [-0.39, 0.29) is 5.54 Å². The minimum atomic E-state index is 0.253. The first kappa shape index (κ1) is 11.1. The fourth-order valence-corrected chi connectivity index (χ4v) is 2.98. The van der Waals surface area contributed by atoms with Gasteiger partial charge in [-0.05, 0) is 43.2 Å². The Balaban J connectivity index is 2.04. The Morgan fingerprint density at radius 2 is 2.33 bits per heavy atom. The molecule has 0 saturated carbocycles. The number of nitrogens with zero attached hydrogens (tertiary/aromatic N) is 1. The standard InChI is InChI=1S/C12H20N2S/c1-10(11-4-7-15-8-11)14-6-5-13-12(2,3)9-14/h4,7-8,10,13H,5-6,9H2,1-3H3. The number of piperazine rings is 1. The lowest BCUT2D eigenvalue weighted by atomic mass is 9.99. The number of rotatable bonds is 2. The van der Waals surface area contributed by atoms with Crippen LogP contribution in [-0.4, -0.2) is 30.1 Å². The van der Waals surface area contributed by atoms with Gasteiger partial charge < -0.3 is 5.32 Å². The molecule has 0 aliphatic carbocycles. The maximum Gasteiger partial charge on any atom is 0.0329 e. The van der Waals surface area contributed by atoms with E-state index < -0.39 is 0 Å². The zero-order valence-electron chi connectivity index (χ0n) is 9.79. The fourth-order valence-electron chi connectivity index (χ4n) is 2.23. The Bertz CT molecular complexity index is 305. The van der Waals surface area contributed by atoms with Gasteiger partial charge in [0, 0.05) is 31.2 Å². The number of hydrogen-bond donors (Lipinski definition) is 1. The van der Waals surface area contributed by atoms with Crippen LogP contribution in [0, 0.1) is 0 Å². The molecule has 1 aliphatic heterocycles. The van der Waals surface area contributed by atoms with Crippen LogP contribution in [0.15, 0.2) is 16.8 Å². The Kier molecular flexibility index (Phi) is 3.14. The van der Waals surface area contributed by atoms with Crippen molar-refractivity contribution in [3.63, 3.8) is 0 Å². The highest BCUT2D eigenvalue weighted by Gasteiger charge is 2.28. The molecule has 1 aromatic heterocycles. The Morgan fingerprint density at radius 1 is 1.53 bits per heavy atom. The number of nitrogens with one attached hydrogen (secondary N) is 1. The topological polar surface area (TPSA) is 15.3 Å². The summed E-state index contributed by atoms with van der Waals surface area (Å²) in [6.45, 7) is 10.2. The average Bonchev–Trinajstić information content (AvgIpc) is 2.67. The molecule has 1 fully saturated rings. The molecule has 1 aromatic rings. The largest absolute Gasteiger partial charge is 0.309 e. The van der Waals surface area contributed by atoms with Gasteiger partial charge in [0.15, 0.2) is 0 Å². The molecule has 1 N–H and O–H groups in total. The molecule has 15 heavy (non-hydrogen) atoms. The van der Waals surface area contributed by atoms with Crippen molar-refractivity contribution < 1.29 is 0 Å². The second-order valence-electron chi connectivity index (χ2n) is 5.01. The van der Waals surface area contributed by atoms with Crippen molar-refractivity contribution in [2.45, 2.75) is 32.4 Å². The molecule has 0 spiro atoms. The smallest absolute Gasteiger partial charge is 0.0329 e. The molecule has 2 heterocycles. The zero-order chi connectivity index (χ0) is 10.9. The van der Waals surface area contributed by atoms with Gasteiger partial charge in [-0.2, -0.15) is 11.3 Å². The van der Waals surface area contributed by atoms with Crippen LogP contribution in [0.1, 0.15) is 32.4 Å². The lowest BCUT2D eigenvalue weighted by molar-refractivity contribution is 0.117. The van der Waals surface area contributed by atoms with Crippen LogP contribution in [0.5, 0.6) is 0 Å². The summed E-state index contributed by atoms with van der Waals surface area (Å²) >= 11 is 1.79. The molecule has 1 aliphatic rings. The van der Waals surface area contributed by atoms with E-state index in [0.29, 0.717) is 6.04 Å². The van der Waals surface area contributed by atoms with Crippen LogP contribution < -0.4 is 5.32 Å². The lowest BCUT2D eigenvalue weighted by Crippen LogP contribution is -2.57. The van der Waals surface area contributed by atoms with E-state index in [9.17, 15) is 0 Å². The molecule has 1 unspecified atom stereocenters. The maximum absolute atomic E-state index is 3.55. The summed E-state index contributed by atoms with van der Waals surface area (Å²) in [5.41, 5.74) is 1.71. The van der Waals surface area contributed by atoms with E-state index in [0.717, 1.165) is 19.6 Å². The normalized spacial score (nSPS) is 23.9. The van der Waals surface area contributed by atoms with Crippen molar-refractivity contribution in [1.82, 2.24) is 10.2 Å². The summed E-state index contributed by atoms with van der Waals surface area (Å²) < 4.78 is 0. The summed E-state index contributed by atoms with van der Waals surface area (Å²) in [4.78, 5) is 2.57. The van der Waals surface area contributed by atoms with Gasteiger partial charge in [0.1, 0.15) is 0 Å². The molecular formula is C12H20N2S. The molecule has 0 aromatic carbocycles. The predicted molar refractivity (Wildman–Crippen MR) is 66.4 cm³/mol. The fraction of sp³-hybridized carbons (Fsp3) is 0.667. The summed E-state index contributed by atoms with van der Waals surface area (Å²) in [5, 5.41) is 7.98. The van der Waals surface area contributed by atoms with E-state index in [1.807, 2.05) is 0 Å². The quantitative estimate of drug-likeness (QED) is 0.830. The van der Waals surface area contributed by atoms with Crippen molar-refractivity contribution in [3.8, 4) is 0 Å². The van der Waals surface area contributed by atoms with E-state index >= 15 is 0 Å². The minimum Gasteiger partial charge on any atom is -0.309 e. The van der Waals surface area contributed by atoms with E-state index in [1.165, 1.54) is 5.56 Å². The second kappa shape index (κ2) is 4.24. The molecule has 2 rings (SSSR count). The SMILES string of the molecule is CC(c1ccsc1)N1CCNC(C)(C)C1. The monoisotopic (exact) mass is 224 g/mol. The molecule has 0 radical (unpaired) electrons. The van der Waals surface area contributed by atoms with E-state index in [1.54, 1.807) is 11.3 Å². The molecule has 3 heteroatoms.